The summed E-state index contributed by atoms with van der Waals surface area (Å²) in [4.78, 5) is 0. The lowest BCUT2D eigenvalue weighted by atomic mass is 10.1. The van der Waals surface area contributed by atoms with Gasteiger partial charge in [-0.15, -0.1) is 0 Å². The van der Waals surface area contributed by atoms with Crippen LogP contribution in [0.2, 0.25) is 0 Å². The lowest BCUT2D eigenvalue weighted by Crippen LogP contribution is -3.00. The highest BCUT2D eigenvalue weighted by Gasteiger charge is 2.07. The van der Waals surface area contributed by atoms with Gasteiger partial charge in [0.1, 0.15) is 0 Å². The van der Waals surface area contributed by atoms with E-state index >= 15 is 0 Å². The molecule has 0 aliphatic rings. The van der Waals surface area contributed by atoms with Crippen molar-refractivity contribution < 1.29 is 60.6 Å². The number of nitrogens with zero attached hydrogens (tertiary/aromatic N) is 2. The average Bonchev–Trinajstić information content (AvgIpc) is 2.64. The maximum Gasteiger partial charge on any atom is 0.174 e. The number of aliphatic hydroxyl groups excluding tert-OH is 2. The summed E-state index contributed by atoms with van der Waals surface area (Å²) in [5.41, 5.74) is 4.25. The van der Waals surface area contributed by atoms with Gasteiger partial charge < -0.3 is 51.5 Å². The first-order valence-corrected chi connectivity index (χ1v) is 8.02. The van der Waals surface area contributed by atoms with Crippen LogP contribution >= 0.6 is 0 Å². The normalized spacial score (nSPS) is 8.90. The molecule has 0 saturated carbocycles. The third-order valence-electron chi connectivity index (χ3n) is 3.96. The van der Waals surface area contributed by atoms with Gasteiger partial charge in [-0.25, -0.2) is 9.13 Å². The van der Waals surface area contributed by atoms with Crippen molar-refractivity contribution in [2.24, 2.45) is 0 Å². The topological polar surface area (TPSA) is 143 Å². The van der Waals surface area contributed by atoms with Crippen molar-refractivity contribution in [2.75, 3.05) is 0 Å². The van der Waals surface area contributed by atoms with Crippen LogP contribution < -0.4 is 33.9 Å². The van der Waals surface area contributed by atoms with Gasteiger partial charge >= 0.3 is 0 Å². The standard InChI is InChI=1S/C20H22N2O2.2ClH.3H2O/c23-15-19-3-1-9-21(13-19)11-17-5-7-18(8-6-17)12-22-10-2-4-20(14-22)16-24;;;;;/h1-10,13-14,23-24H,11-12,15-16H2;2*1H;3*1H2/q+2;;;;;/p-2. The fraction of sp³-hybridized carbons (Fsp3) is 0.200. The van der Waals surface area contributed by atoms with Gasteiger partial charge in [-0.05, 0) is 12.1 Å². The molecule has 3 aromatic rings. The molecule has 3 rings (SSSR count). The predicted octanol–water partition coefficient (Wildman–Crippen LogP) is -7.12. The van der Waals surface area contributed by atoms with Crippen LogP contribution in [0.1, 0.15) is 22.3 Å². The van der Waals surface area contributed by atoms with Gasteiger partial charge in [-0.1, -0.05) is 24.3 Å². The SMILES string of the molecule is O.O.O.OCc1ccc[n+](Cc2ccc(C[n+]3cccc(CO)c3)cc2)c1.[Cl-].[Cl-]. The van der Waals surface area contributed by atoms with E-state index in [0.717, 1.165) is 24.2 Å². The molecule has 0 radical (unpaired) electrons. The molecule has 0 aliphatic heterocycles. The van der Waals surface area contributed by atoms with Crippen LogP contribution in [0.5, 0.6) is 0 Å². The summed E-state index contributed by atoms with van der Waals surface area (Å²) in [6.45, 7) is 1.68. The van der Waals surface area contributed by atoms with Crippen molar-refractivity contribution in [1.29, 1.82) is 0 Å². The molecule has 1 aromatic carbocycles. The number of halogens is 2. The predicted molar refractivity (Wildman–Crippen MR) is 101 cm³/mol. The summed E-state index contributed by atoms with van der Waals surface area (Å²) in [6, 6.07) is 16.2. The number of aromatic nitrogens is 2. The van der Waals surface area contributed by atoms with Gasteiger partial charge in [-0.3, -0.25) is 0 Å². The molecule has 0 bridgehead atoms. The first-order valence-electron chi connectivity index (χ1n) is 8.02. The average molecular weight is 447 g/mol. The summed E-state index contributed by atoms with van der Waals surface area (Å²) >= 11 is 0. The maximum atomic E-state index is 9.21. The molecule has 29 heavy (non-hydrogen) atoms. The zero-order valence-electron chi connectivity index (χ0n) is 15.8. The third-order valence-corrected chi connectivity index (χ3v) is 3.96. The molecule has 2 heterocycles. The van der Waals surface area contributed by atoms with E-state index in [1.807, 2.05) is 49.1 Å². The Hall–Kier alpha value is -2.10. The second-order valence-corrected chi connectivity index (χ2v) is 5.90. The second kappa shape index (κ2) is 15.8. The fourth-order valence-electron chi connectivity index (χ4n) is 2.71. The zero-order chi connectivity index (χ0) is 16.8. The van der Waals surface area contributed by atoms with Gasteiger partial charge in [0.15, 0.2) is 37.9 Å². The van der Waals surface area contributed by atoms with Crippen LogP contribution in [-0.2, 0) is 26.3 Å². The van der Waals surface area contributed by atoms with Gasteiger partial charge in [0.25, 0.3) is 0 Å². The highest BCUT2D eigenvalue weighted by atomic mass is 35.5. The van der Waals surface area contributed by atoms with Gasteiger partial charge in [-0.2, -0.15) is 0 Å². The summed E-state index contributed by atoms with van der Waals surface area (Å²) < 4.78 is 4.14. The van der Waals surface area contributed by atoms with Crippen molar-refractivity contribution in [2.45, 2.75) is 26.3 Å². The van der Waals surface area contributed by atoms with E-state index in [9.17, 15) is 10.2 Å². The number of hydrogen-bond acceptors (Lipinski definition) is 2. The van der Waals surface area contributed by atoms with Gasteiger partial charge in [0.05, 0.1) is 13.2 Å². The van der Waals surface area contributed by atoms with Crippen LogP contribution in [0.15, 0.2) is 73.3 Å². The Kier molecular flexibility index (Phi) is 17.2. The number of aliphatic hydroxyl groups is 2. The van der Waals surface area contributed by atoms with Gasteiger partial charge in [0, 0.05) is 34.4 Å². The first-order chi connectivity index (χ1) is 11.8. The molecule has 0 atom stereocenters. The highest BCUT2D eigenvalue weighted by Crippen LogP contribution is 2.05. The molecule has 2 aromatic heterocycles. The minimum absolute atomic E-state index is 0. The van der Waals surface area contributed by atoms with E-state index in [0.29, 0.717) is 0 Å². The van der Waals surface area contributed by atoms with Crippen LogP contribution in [0.3, 0.4) is 0 Å². The number of rotatable bonds is 6. The molecular formula is C20H28Cl2N2O5. The van der Waals surface area contributed by atoms with Crippen LogP contribution in [0.4, 0.5) is 0 Å². The number of hydrogen-bond donors (Lipinski definition) is 2. The summed E-state index contributed by atoms with van der Waals surface area (Å²) in [7, 11) is 0. The fourth-order valence-corrected chi connectivity index (χ4v) is 2.71. The van der Waals surface area contributed by atoms with Crippen molar-refractivity contribution in [3.05, 3.63) is 95.6 Å². The Morgan fingerprint density at radius 3 is 1.21 bits per heavy atom. The minimum Gasteiger partial charge on any atom is -1.00 e. The van der Waals surface area contributed by atoms with Crippen molar-refractivity contribution in [1.82, 2.24) is 0 Å². The Labute approximate surface area is 182 Å². The van der Waals surface area contributed by atoms with E-state index in [-0.39, 0.29) is 54.5 Å². The quantitative estimate of drug-likeness (QED) is 0.362. The van der Waals surface area contributed by atoms with Crippen molar-refractivity contribution in [3.63, 3.8) is 0 Å². The van der Waals surface area contributed by atoms with Crippen molar-refractivity contribution in [3.8, 4) is 0 Å². The third kappa shape index (κ3) is 9.29. The largest absolute Gasteiger partial charge is 1.00 e. The Balaban J connectivity index is -0.00000135. The molecule has 0 spiro atoms. The molecule has 0 saturated heterocycles. The lowest BCUT2D eigenvalue weighted by molar-refractivity contribution is -0.689. The van der Waals surface area contributed by atoms with Crippen LogP contribution in [0, 0.1) is 0 Å². The number of pyridine rings is 2. The minimum atomic E-state index is 0. The monoisotopic (exact) mass is 446 g/mol. The number of benzene rings is 1. The Morgan fingerprint density at radius 2 is 0.897 bits per heavy atom. The molecule has 0 unspecified atom stereocenters. The molecule has 0 aliphatic carbocycles. The molecule has 7 nitrogen and oxygen atoms in total. The van der Waals surface area contributed by atoms with E-state index in [2.05, 4.69) is 33.4 Å². The molecule has 0 fully saturated rings. The van der Waals surface area contributed by atoms with Crippen molar-refractivity contribution >= 4 is 0 Å². The summed E-state index contributed by atoms with van der Waals surface area (Å²) in [6.07, 6.45) is 7.93. The summed E-state index contributed by atoms with van der Waals surface area (Å²) in [5.74, 6) is 0. The highest BCUT2D eigenvalue weighted by molar-refractivity contribution is 5.21. The molecule has 0 amide bonds. The lowest BCUT2D eigenvalue weighted by Gasteiger charge is -2.02. The van der Waals surface area contributed by atoms with Crippen LogP contribution in [-0.4, -0.2) is 26.6 Å². The van der Waals surface area contributed by atoms with E-state index in [1.54, 1.807) is 0 Å². The molecule has 8 N–H and O–H groups in total. The maximum absolute atomic E-state index is 9.21. The van der Waals surface area contributed by atoms with E-state index in [1.165, 1.54) is 11.1 Å². The smallest absolute Gasteiger partial charge is 0.174 e. The molecular weight excluding hydrogens is 419 g/mol. The first kappa shape index (κ1) is 31.6. The van der Waals surface area contributed by atoms with Crippen LogP contribution in [0.25, 0.3) is 0 Å². The Bertz CT molecular complexity index is 751. The molecule has 9 heteroatoms. The van der Waals surface area contributed by atoms with E-state index < -0.39 is 0 Å². The second-order valence-electron chi connectivity index (χ2n) is 5.90. The summed E-state index contributed by atoms with van der Waals surface area (Å²) in [5, 5.41) is 18.4. The van der Waals surface area contributed by atoms with E-state index in [4.69, 9.17) is 0 Å². The molecule has 162 valence electrons. The zero-order valence-corrected chi connectivity index (χ0v) is 17.3. The Morgan fingerprint density at radius 1 is 0.552 bits per heavy atom. The van der Waals surface area contributed by atoms with Gasteiger partial charge in [0.2, 0.25) is 0 Å².